The Balaban J connectivity index is 0.00000306. The highest BCUT2D eigenvalue weighted by Gasteiger charge is 2.21. The molecule has 0 atom stereocenters. The van der Waals surface area contributed by atoms with Gasteiger partial charge in [0.05, 0.1) is 25.4 Å². The first-order valence-electron chi connectivity index (χ1n) is 11.7. The largest absolute Gasteiger partial charge is 0.506 e. The van der Waals surface area contributed by atoms with Gasteiger partial charge in [-0.3, -0.25) is 4.90 Å². The van der Waals surface area contributed by atoms with Crippen molar-refractivity contribution in [1.82, 2.24) is 15.1 Å². The lowest BCUT2D eigenvalue weighted by molar-refractivity contribution is 0.0341. The average Bonchev–Trinajstić information content (AvgIpc) is 2.84. The molecule has 0 aliphatic carbocycles. The Morgan fingerprint density at radius 2 is 1.61 bits per heavy atom. The molecule has 0 radical (unpaired) electrons. The molecule has 2 aromatic rings. The predicted octanol–water partition coefficient (Wildman–Crippen LogP) is 3.13. The molecule has 2 fully saturated rings. The Bertz CT molecular complexity index is 896. The van der Waals surface area contributed by atoms with Crippen molar-refractivity contribution < 1.29 is 9.84 Å². The second-order valence-electron chi connectivity index (χ2n) is 8.29. The molecule has 33 heavy (non-hydrogen) atoms. The van der Waals surface area contributed by atoms with E-state index in [1.807, 2.05) is 18.2 Å². The van der Waals surface area contributed by atoms with E-state index in [-0.39, 0.29) is 24.0 Å². The quantitative estimate of drug-likeness (QED) is 0.319. The molecule has 4 rings (SSSR count). The van der Waals surface area contributed by atoms with Crippen molar-refractivity contribution in [3.63, 3.8) is 0 Å². The standard InChI is InChI=1S/C25H35N5O2.HI/c1-2-26-25(30-13-11-29(12-14-30)23-9-5-6-10-24(23)31)27-19-21-7-3-4-8-22(21)20-28-15-17-32-18-16-28;/h3-10,31H,2,11-20H2,1H3,(H,26,27);1H. The molecule has 180 valence electrons. The van der Waals surface area contributed by atoms with Crippen LogP contribution < -0.4 is 10.2 Å². The van der Waals surface area contributed by atoms with Crippen LogP contribution in [-0.4, -0.2) is 79.9 Å². The number of nitrogens with zero attached hydrogens (tertiary/aromatic N) is 4. The number of phenols is 1. The highest BCUT2D eigenvalue weighted by Crippen LogP contribution is 2.27. The summed E-state index contributed by atoms with van der Waals surface area (Å²) in [5.41, 5.74) is 3.53. The number of halogens is 1. The number of nitrogens with one attached hydrogen (secondary N) is 1. The number of benzene rings is 2. The number of morpholine rings is 1. The van der Waals surface area contributed by atoms with Gasteiger partial charge >= 0.3 is 0 Å². The number of phenolic OH excluding ortho intramolecular Hbond substituents is 1. The topological polar surface area (TPSA) is 63.6 Å². The number of aromatic hydroxyl groups is 1. The van der Waals surface area contributed by atoms with Crippen LogP contribution in [0.15, 0.2) is 53.5 Å². The van der Waals surface area contributed by atoms with Crippen molar-refractivity contribution in [1.29, 1.82) is 0 Å². The van der Waals surface area contributed by atoms with Crippen LogP contribution in [0.25, 0.3) is 0 Å². The number of rotatable bonds is 6. The van der Waals surface area contributed by atoms with Crippen molar-refractivity contribution in [2.45, 2.75) is 20.0 Å². The van der Waals surface area contributed by atoms with E-state index in [1.165, 1.54) is 11.1 Å². The summed E-state index contributed by atoms with van der Waals surface area (Å²) in [5, 5.41) is 13.6. The minimum absolute atomic E-state index is 0. The third-order valence-corrected chi connectivity index (χ3v) is 6.15. The molecular formula is C25H36IN5O2. The van der Waals surface area contributed by atoms with Gasteiger partial charge in [-0.2, -0.15) is 0 Å². The maximum absolute atomic E-state index is 10.2. The SMILES string of the molecule is CCNC(=NCc1ccccc1CN1CCOCC1)N1CCN(c2ccccc2O)CC1.I. The van der Waals surface area contributed by atoms with E-state index in [1.54, 1.807) is 6.07 Å². The smallest absolute Gasteiger partial charge is 0.194 e. The number of piperazine rings is 1. The van der Waals surface area contributed by atoms with Gasteiger partial charge in [-0.15, -0.1) is 24.0 Å². The first-order valence-corrected chi connectivity index (χ1v) is 11.7. The van der Waals surface area contributed by atoms with Crippen LogP contribution in [0.3, 0.4) is 0 Å². The number of para-hydroxylation sites is 2. The molecule has 2 aromatic carbocycles. The van der Waals surface area contributed by atoms with E-state index in [2.05, 4.69) is 51.2 Å². The first kappa shape index (κ1) is 25.6. The molecule has 2 heterocycles. The minimum Gasteiger partial charge on any atom is -0.506 e. The zero-order chi connectivity index (χ0) is 22.2. The highest BCUT2D eigenvalue weighted by atomic mass is 127. The van der Waals surface area contributed by atoms with Gasteiger partial charge in [0, 0.05) is 52.4 Å². The summed E-state index contributed by atoms with van der Waals surface area (Å²) >= 11 is 0. The van der Waals surface area contributed by atoms with Crippen molar-refractivity contribution in [2.75, 3.05) is 63.9 Å². The number of aliphatic imine (C=N–C) groups is 1. The molecule has 2 aliphatic heterocycles. The molecule has 0 spiro atoms. The molecular weight excluding hydrogens is 529 g/mol. The number of ether oxygens (including phenoxy) is 1. The Morgan fingerprint density at radius 3 is 2.30 bits per heavy atom. The first-order chi connectivity index (χ1) is 15.7. The van der Waals surface area contributed by atoms with Crippen molar-refractivity contribution in [3.8, 4) is 5.75 Å². The lowest BCUT2D eigenvalue weighted by Gasteiger charge is -2.38. The zero-order valence-electron chi connectivity index (χ0n) is 19.4. The Hall–Kier alpha value is -2.04. The van der Waals surface area contributed by atoms with Gasteiger partial charge in [0.2, 0.25) is 0 Å². The zero-order valence-corrected chi connectivity index (χ0v) is 21.8. The summed E-state index contributed by atoms with van der Waals surface area (Å²) in [6.07, 6.45) is 0. The van der Waals surface area contributed by atoms with Gasteiger partial charge in [0.25, 0.3) is 0 Å². The van der Waals surface area contributed by atoms with E-state index < -0.39 is 0 Å². The molecule has 0 unspecified atom stereocenters. The van der Waals surface area contributed by atoms with E-state index in [9.17, 15) is 5.11 Å². The molecule has 8 heteroatoms. The monoisotopic (exact) mass is 565 g/mol. The predicted molar refractivity (Wildman–Crippen MR) is 145 cm³/mol. The van der Waals surface area contributed by atoms with E-state index >= 15 is 0 Å². The molecule has 2 N–H and O–H groups in total. The van der Waals surface area contributed by atoms with E-state index in [4.69, 9.17) is 9.73 Å². The Labute approximate surface area is 214 Å². The van der Waals surface area contributed by atoms with E-state index in [0.29, 0.717) is 12.3 Å². The van der Waals surface area contributed by atoms with Gasteiger partial charge in [0.15, 0.2) is 5.96 Å². The van der Waals surface area contributed by atoms with Crippen molar-refractivity contribution in [2.24, 2.45) is 4.99 Å². The van der Waals surface area contributed by atoms with Gasteiger partial charge < -0.3 is 25.0 Å². The summed E-state index contributed by atoms with van der Waals surface area (Å²) in [4.78, 5) is 12.0. The maximum Gasteiger partial charge on any atom is 0.194 e. The van der Waals surface area contributed by atoms with Crippen molar-refractivity contribution >= 4 is 35.6 Å². The van der Waals surface area contributed by atoms with Crippen LogP contribution >= 0.6 is 24.0 Å². The molecule has 0 bridgehead atoms. The molecule has 0 saturated carbocycles. The van der Waals surface area contributed by atoms with Gasteiger partial charge in [0.1, 0.15) is 5.75 Å². The third-order valence-electron chi connectivity index (χ3n) is 6.15. The third kappa shape index (κ3) is 6.97. The Kier molecular flexibility index (Phi) is 10.1. The lowest BCUT2D eigenvalue weighted by atomic mass is 10.1. The van der Waals surface area contributed by atoms with Crippen LogP contribution in [0.1, 0.15) is 18.1 Å². The summed E-state index contributed by atoms with van der Waals surface area (Å²) in [6, 6.07) is 16.2. The summed E-state index contributed by atoms with van der Waals surface area (Å²) in [5.74, 6) is 1.31. The second-order valence-corrected chi connectivity index (χ2v) is 8.29. The molecule has 0 aromatic heterocycles. The number of anilines is 1. The maximum atomic E-state index is 10.2. The Morgan fingerprint density at radius 1 is 0.939 bits per heavy atom. The van der Waals surface area contributed by atoms with Gasteiger partial charge in [-0.1, -0.05) is 36.4 Å². The van der Waals surface area contributed by atoms with Crippen LogP contribution in [0, 0.1) is 0 Å². The summed E-state index contributed by atoms with van der Waals surface area (Å²) < 4.78 is 5.49. The number of hydrogen-bond donors (Lipinski definition) is 2. The fourth-order valence-electron chi connectivity index (χ4n) is 4.34. The molecule has 0 amide bonds. The highest BCUT2D eigenvalue weighted by molar-refractivity contribution is 14.0. The average molecular weight is 566 g/mol. The van der Waals surface area contributed by atoms with Gasteiger partial charge in [-0.25, -0.2) is 4.99 Å². The fraction of sp³-hybridized carbons (Fsp3) is 0.480. The normalized spacial score (nSPS) is 17.5. The number of guanidine groups is 1. The fourth-order valence-corrected chi connectivity index (χ4v) is 4.34. The summed E-state index contributed by atoms with van der Waals surface area (Å²) in [7, 11) is 0. The van der Waals surface area contributed by atoms with Crippen molar-refractivity contribution in [3.05, 3.63) is 59.7 Å². The van der Waals surface area contributed by atoms with Gasteiger partial charge in [-0.05, 0) is 30.2 Å². The van der Waals surface area contributed by atoms with Crippen LogP contribution in [0.4, 0.5) is 5.69 Å². The summed E-state index contributed by atoms with van der Waals surface area (Å²) in [6.45, 7) is 11.6. The van der Waals surface area contributed by atoms with E-state index in [0.717, 1.165) is 77.2 Å². The van der Waals surface area contributed by atoms with Crippen LogP contribution in [0.5, 0.6) is 5.75 Å². The number of hydrogen-bond acceptors (Lipinski definition) is 5. The second kappa shape index (κ2) is 13.0. The van der Waals surface area contributed by atoms with Crippen LogP contribution in [-0.2, 0) is 17.8 Å². The lowest BCUT2D eigenvalue weighted by Crippen LogP contribution is -2.52. The molecule has 7 nitrogen and oxygen atoms in total. The molecule has 2 aliphatic rings. The molecule has 2 saturated heterocycles. The minimum atomic E-state index is 0. The van der Waals surface area contributed by atoms with Crippen LogP contribution in [0.2, 0.25) is 0 Å².